The van der Waals surface area contributed by atoms with Crippen molar-refractivity contribution in [3.05, 3.63) is 53.6 Å². The summed E-state index contributed by atoms with van der Waals surface area (Å²) in [7, 11) is -3.51. The lowest BCUT2D eigenvalue weighted by atomic mass is 10.0. The molecule has 2 aliphatic rings. The highest BCUT2D eigenvalue weighted by atomic mass is 32.2. The van der Waals surface area contributed by atoms with Crippen LogP contribution in [0.25, 0.3) is 0 Å². The molecule has 2 aromatic carbocycles. The zero-order valence-electron chi connectivity index (χ0n) is 17.3. The van der Waals surface area contributed by atoms with Crippen molar-refractivity contribution < 1.29 is 27.6 Å². The second-order valence-electron chi connectivity index (χ2n) is 8.05. The maximum absolute atomic E-state index is 13.0. The number of sulfonamides is 1. The first-order valence-electron chi connectivity index (χ1n) is 10.2. The molecular formula is C22H27N2O5S+. The number of fused-ring (bicyclic) bond motifs is 1. The monoisotopic (exact) mass is 431 g/mol. The molecule has 0 amide bonds. The van der Waals surface area contributed by atoms with Gasteiger partial charge in [-0.15, -0.1) is 0 Å². The molecule has 1 saturated heterocycles. The van der Waals surface area contributed by atoms with Crippen LogP contribution in [0.4, 0.5) is 0 Å². The van der Waals surface area contributed by atoms with E-state index in [1.54, 1.807) is 30.3 Å². The minimum atomic E-state index is -3.51. The molecule has 2 heterocycles. The number of hydrogen-bond acceptors (Lipinski definition) is 5. The average molecular weight is 432 g/mol. The summed E-state index contributed by atoms with van der Waals surface area (Å²) in [6.07, 6.45) is 0. The summed E-state index contributed by atoms with van der Waals surface area (Å²) in [5.74, 6) is 1.62. The van der Waals surface area contributed by atoms with E-state index in [9.17, 15) is 13.2 Å². The van der Waals surface area contributed by atoms with Crippen LogP contribution in [0.5, 0.6) is 11.5 Å². The van der Waals surface area contributed by atoms with Crippen LogP contribution >= 0.6 is 0 Å². The number of nitrogens with one attached hydrogen (secondary N) is 1. The number of hydrogen-bond donors (Lipinski definition) is 1. The first-order chi connectivity index (χ1) is 14.3. The highest BCUT2D eigenvalue weighted by molar-refractivity contribution is 7.89. The molecule has 4 rings (SSSR count). The molecule has 2 aromatic rings. The molecule has 0 aliphatic carbocycles. The van der Waals surface area contributed by atoms with E-state index in [0.29, 0.717) is 60.6 Å². The third kappa shape index (κ3) is 4.21. The van der Waals surface area contributed by atoms with Crippen molar-refractivity contribution in [2.45, 2.75) is 24.7 Å². The van der Waals surface area contributed by atoms with Crippen LogP contribution in [-0.2, 0) is 10.0 Å². The van der Waals surface area contributed by atoms with Crippen LogP contribution in [0.15, 0.2) is 47.4 Å². The summed E-state index contributed by atoms with van der Waals surface area (Å²) in [5.41, 5.74) is 1.71. The summed E-state index contributed by atoms with van der Waals surface area (Å²) in [6, 6.07) is 12.3. The Morgan fingerprint density at radius 3 is 2.37 bits per heavy atom. The van der Waals surface area contributed by atoms with Gasteiger partial charge in [0.15, 0.2) is 11.5 Å². The van der Waals surface area contributed by atoms with Gasteiger partial charge in [-0.05, 0) is 41.8 Å². The standard InChI is InChI=1S/C22H26N2O5S/c1-16(2)17-3-6-19(7-4-17)30(26,27)24-11-9-23(10-12-24)14-20(25)18-5-8-21-22(13-18)29-15-28-21/h3-8,13,16H,9-12,14-15H2,1-2H3/p+1. The quantitative estimate of drug-likeness (QED) is 0.698. The lowest BCUT2D eigenvalue weighted by Gasteiger charge is -2.31. The molecular weight excluding hydrogens is 404 g/mol. The number of benzene rings is 2. The predicted octanol–water partition coefficient (Wildman–Crippen LogP) is 1.31. The van der Waals surface area contributed by atoms with E-state index in [2.05, 4.69) is 13.8 Å². The van der Waals surface area contributed by atoms with Crippen LogP contribution in [-0.4, -0.2) is 58.0 Å². The summed E-state index contributed by atoms with van der Waals surface area (Å²) < 4.78 is 38.0. The number of carbonyl (C=O) groups is 1. The fraction of sp³-hybridized carbons (Fsp3) is 0.409. The van der Waals surface area contributed by atoms with Crippen LogP contribution in [0.1, 0.15) is 35.7 Å². The molecule has 1 N–H and O–H groups in total. The molecule has 1 fully saturated rings. The molecule has 0 aromatic heterocycles. The molecule has 0 bridgehead atoms. The van der Waals surface area contributed by atoms with E-state index in [1.807, 2.05) is 12.1 Å². The fourth-order valence-electron chi connectivity index (χ4n) is 3.79. The summed E-state index contributed by atoms with van der Waals surface area (Å²) >= 11 is 0. The topological polar surface area (TPSA) is 77.4 Å². The van der Waals surface area contributed by atoms with Crippen molar-refractivity contribution in [3.63, 3.8) is 0 Å². The molecule has 2 aliphatic heterocycles. The van der Waals surface area contributed by atoms with Gasteiger partial charge in [0.25, 0.3) is 0 Å². The molecule has 30 heavy (non-hydrogen) atoms. The van der Waals surface area contributed by atoms with Gasteiger partial charge in [-0.2, -0.15) is 4.31 Å². The number of piperazine rings is 1. The third-order valence-corrected chi connectivity index (χ3v) is 7.63. The van der Waals surface area contributed by atoms with Crippen molar-refractivity contribution >= 4 is 15.8 Å². The van der Waals surface area contributed by atoms with Gasteiger partial charge in [0.2, 0.25) is 22.6 Å². The molecule has 0 saturated carbocycles. The number of quaternary nitrogens is 1. The molecule has 0 spiro atoms. The number of Topliss-reactive ketones (excluding diaryl/α,β-unsaturated/α-hetero) is 1. The van der Waals surface area contributed by atoms with Crippen molar-refractivity contribution in [2.24, 2.45) is 0 Å². The molecule has 0 radical (unpaired) electrons. The van der Waals surface area contributed by atoms with Gasteiger partial charge in [0, 0.05) is 5.56 Å². The summed E-state index contributed by atoms with van der Waals surface area (Å²) in [4.78, 5) is 14.1. The first-order valence-corrected chi connectivity index (χ1v) is 11.6. The fourth-order valence-corrected chi connectivity index (χ4v) is 5.23. The van der Waals surface area contributed by atoms with Gasteiger partial charge in [-0.3, -0.25) is 4.79 Å². The predicted molar refractivity (Wildman–Crippen MR) is 112 cm³/mol. The van der Waals surface area contributed by atoms with Crippen molar-refractivity contribution in [1.82, 2.24) is 4.31 Å². The van der Waals surface area contributed by atoms with Crippen LogP contribution in [0, 0.1) is 0 Å². The van der Waals surface area contributed by atoms with Gasteiger partial charge in [0.05, 0.1) is 31.1 Å². The number of nitrogens with zero attached hydrogens (tertiary/aromatic N) is 1. The second kappa shape index (κ2) is 8.37. The highest BCUT2D eigenvalue weighted by Gasteiger charge is 2.31. The normalized spacial score (nSPS) is 17.4. The molecule has 0 unspecified atom stereocenters. The van der Waals surface area contributed by atoms with E-state index >= 15 is 0 Å². The lowest BCUT2D eigenvalue weighted by molar-refractivity contribution is -0.895. The van der Waals surface area contributed by atoms with Crippen molar-refractivity contribution in [2.75, 3.05) is 39.5 Å². The molecule has 7 nitrogen and oxygen atoms in total. The Morgan fingerprint density at radius 2 is 1.70 bits per heavy atom. The number of rotatable bonds is 6. The van der Waals surface area contributed by atoms with Crippen molar-refractivity contribution in [3.8, 4) is 11.5 Å². The van der Waals surface area contributed by atoms with Crippen molar-refractivity contribution in [1.29, 1.82) is 0 Å². The Kier molecular flexibility index (Phi) is 5.81. The van der Waals surface area contributed by atoms with E-state index in [0.717, 1.165) is 10.5 Å². The SMILES string of the molecule is CC(C)c1ccc(S(=O)(=O)N2CC[NH+](CC(=O)c3ccc4c(c3)OCO4)CC2)cc1. The third-order valence-electron chi connectivity index (χ3n) is 5.72. The zero-order chi connectivity index (χ0) is 21.3. The zero-order valence-corrected chi connectivity index (χ0v) is 18.1. The molecule has 8 heteroatoms. The van der Waals surface area contributed by atoms with E-state index < -0.39 is 10.0 Å². The minimum Gasteiger partial charge on any atom is -0.454 e. The molecule has 160 valence electrons. The van der Waals surface area contributed by atoms with Gasteiger partial charge >= 0.3 is 0 Å². The van der Waals surface area contributed by atoms with Crippen LogP contribution in [0.3, 0.4) is 0 Å². The van der Waals surface area contributed by atoms with E-state index in [1.165, 1.54) is 4.31 Å². The smallest absolute Gasteiger partial charge is 0.243 e. The Labute approximate surface area is 177 Å². The Balaban J connectivity index is 1.35. The van der Waals surface area contributed by atoms with Crippen LogP contribution in [0.2, 0.25) is 0 Å². The van der Waals surface area contributed by atoms with E-state index in [-0.39, 0.29) is 12.6 Å². The maximum atomic E-state index is 13.0. The second-order valence-corrected chi connectivity index (χ2v) is 9.98. The number of ketones is 1. The lowest BCUT2D eigenvalue weighted by Crippen LogP contribution is -3.15. The van der Waals surface area contributed by atoms with Gasteiger partial charge < -0.3 is 14.4 Å². The summed E-state index contributed by atoms with van der Waals surface area (Å²) in [6.45, 7) is 6.66. The van der Waals surface area contributed by atoms with Crippen LogP contribution < -0.4 is 14.4 Å². The van der Waals surface area contributed by atoms with Gasteiger partial charge in [-0.25, -0.2) is 8.42 Å². The highest BCUT2D eigenvalue weighted by Crippen LogP contribution is 2.32. The Hall–Kier alpha value is -2.42. The van der Waals surface area contributed by atoms with E-state index in [4.69, 9.17) is 9.47 Å². The summed E-state index contributed by atoms with van der Waals surface area (Å²) in [5, 5.41) is 0. The number of carbonyl (C=O) groups excluding carboxylic acids is 1. The Bertz CT molecular complexity index is 1030. The van der Waals surface area contributed by atoms with Gasteiger partial charge in [0.1, 0.15) is 6.54 Å². The first kappa shape index (κ1) is 20.8. The minimum absolute atomic E-state index is 0.0175. The largest absolute Gasteiger partial charge is 0.454 e. The van der Waals surface area contributed by atoms with Gasteiger partial charge in [-0.1, -0.05) is 26.0 Å². The maximum Gasteiger partial charge on any atom is 0.243 e. The number of ether oxygens (including phenoxy) is 2. The average Bonchev–Trinajstić information content (AvgIpc) is 3.22. The Morgan fingerprint density at radius 1 is 1.03 bits per heavy atom. The molecule has 0 atom stereocenters.